The van der Waals surface area contributed by atoms with Crippen LogP contribution in [0.1, 0.15) is 20.3 Å². The Morgan fingerprint density at radius 3 is 2.24 bits per heavy atom. The number of para-hydroxylation sites is 1. The number of anilines is 2. The molecule has 5 rings (SSSR count). The quantitative estimate of drug-likeness (QED) is 0.239. The number of aliphatic hydroxyl groups is 1. The highest BCUT2D eigenvalue weighted by Gasteiger charge is 2.24. The molecule has 1 saturated heterocycles. The van der Waals surface area contributed by atoms with Crippen molar-refractivity contribution in [2.75, 3.05) is 70.5 Å². The van der Waals surface area contributed by atoms with Gasteiger partial charge in [0.1, 0.15) is 30.8 Å². The van der Waals surface area contributed by atoms with Crippen LogP contribution in [0.3, 0.4) is 0 Å². The van der Waals surface area contributed by atoms with E-state index in [1.807, 2.05) is 42.1 Å². The molecule has 7 nitrogen and oxygen atoms in total. The molecule has 3 aromatic carbocycles. The summed E-state index contributed by atoms with van der Waals surface area (Å²) in [4.78, 5) is 10.1. The van der Waals surface area contributed by atoms with Crippen molar-refractivity contribution in [1.29, 1.82) is 0 Å². The molecule has 2 N–H and O–H groups in total. The standard InChI is InChI=1S/C33H43ClN4O3S/c1-25(2)35-23-27(39)24-41-29-11-9-28(10-12-29)40-21-20-37-18-16-36(17-19-37)14-5-15-38-30-6-3-4-7-32(30)42-33-13-8-26(34)22-31(33)38/h3-4,6-13,22,25,27,35,39H,5,14-21,23-24H2,1-2H3/t27-/m0/s1. The van der Waals surface area contributed by atoms with Crippen LogP contribution < -0.4 is 19.7 Å². The molecule has 2 aliphatic rings. The van der Waals surface area contributed by atoms with Crippen molar-refractivity contribution >= 4 is 34.7 Å². The molecule has 0 radical (unpaired) electrons. The third-order valence-electron chi connectivity index (χ3n) is 7.61. The van der Waals surface area contributed by atoms with Gasteiger partial charge < -0.3 is 29.7 Å². The van der Waals surface area contributed by atoms with Gasteiger partial charge in [-0.2, -0.15) is 0 Å². The summed E-state index contributed by atoms with van der Waals surface area (Å²) in [5, 5.41) is 14.0. The summed E-state index contributed by atoms with van der Waals surface area (Å²) in [7, 11) is 0. The number of rotatable bonds is 14. The molecule has 1 fully saturated rings. The maximum absolute atomic E-state index is 10.0. The van der Waals surface area contributed by atoms with Crippen LogP contribution in [0.5, 0.6) is 11.5 Å². The van der Waals surface area contributed by atoms with E-state index >= 15 is 0 Å². The van der Waals surface area contributed by atoms with E-state index in [0.29, 0.717) is 19.2 Å². The molecule has 0 spiro atoms. The fourth-order valence-corrected chi connectivity index (χ4v) is 6.52. The second-order valence-corrected chi connectivity index (χ2v) is 12.7. The molecule has 2 aliphatic heterocycles. The third-order valence-corrected chi connectivity index (χ3v) is 8.98. The lowest BCUT2D eigenvalue weighted by Gasteiger charge is -2.36. The normalized spacial score (nSPS) is 16.3. The van der Waals surface area contributed by atoms with Gasteiger partial charge in [-0.05, 0) is 67.6 Å². The smallest absolute Gasteiger partial charge is 0.119 e. The van der Waals surface area contributed by atoms with Crippen LogP contribution in [0.15, 0.2) is 76.5 Å². The predicted octanol–water partition coefficient (Wildman–Crippen LogP) is 5.77. The van der Waals surface area contributed by atoms with Gasteiger partial charge in [0.05, 0.1) is 11.4 Å². The first kappa shape index (κ1) is 31.0. The molecule has 0 amide bonds. The van der Waals surface area contributed by atoms with E-state index in [1.54, 1.807) is 0 Å². The average Bonchev–Trinajstić information content (AvgIpc) is 3.00. The number of hydrogen-bond acceptors (Lipinski definition) is 8. The minimum atomic E-state index is -0.535. The van der Waals surface area contributed by atoms with Crippen molar-refractivity contribution < 1.29 is 14.6 Å². The van der Waals surface area contributed by atoms with Crippen LogP contribution >= 0.6 is 23.4 Å². The highest BCUT2D eigenvalue weighted by molar-refractivity contribution is 7.99. The van der Waals surface area contributed by atoms with E-state index in [-0.39, 0.29) is 6.61 Å². The SMILES string of the molecule is CC(C)NC[C@H](O)COc1ccc(OCCN2CCN(CCCN3c4ccccc4Sc4ccc(Cl)cc43)CC2)cc1. The predicted molar refractivity (Wildman–Crippen MR) is 173 cm³/mol. The lowest BCUT2D eigenvalue weighted by Crippen LogP contribution is -2.47. The van der Waals surface area contributed by atoms with Gasteiger partial charge in [0.15, 0.2) is 0 Å². The minimum absolute atomic E-state index is 0.264. The van der Waals surface area contributed by atoms with Crippen molar-refractivity contribution in [2.24, 2.45) is 0 Å². The summed E-state index contributed by atoms with van der Waals surface area (Å²) in [5.74, 6) is 1.57. The number of halogens is 1. The van der Waals surface area contributed by atoms with Crippen LogP contribution in [0.4, 0.5) is 11.4 Å². The number of hydrogen-bond donors (Lipinski definition) is 2. The fourth-order valence-electron chi connectivity index (χ4n) is 5.28. The second kappa shape index (κ2) is 15.3. The van der Waals surface area contributed by atoms with Gasteiger partial charge in [-0.1, -0.05) is 49.3 Å². The number of piperazine rings is 1. The summed E-state index contributed by atoms with van der Waals surface area (Å²) in [6, 6.07) is 22.9. The van der Waals surface area contributed by atoms with Crippen LogP contribution in [0, 0.1) is 0 Å². The highest BCUT2D eigenvalue weighted by atomic mass is 35.5. The maximum Gasteiger partial charge on any atom is 0.119 e. The van der Waals surface area contributed by atoms with Crippen LogP contribution in [0.2, 0.25) is 5.02 Å². The molecule has 3 aromatic rings. The molecule has 226 valence electrons. The number of nitrogens with zero attached hydrogens (tertiary/aromatic N) is 3. The summed E-state index contributed by atoms with van der Waals surface area (Å²) in [5.41, 5.74) is 2.49. The van der Waals surface area contributed by atoms with Gasteiger partial charge >= 0.3 is 0 Å². The van der Waals surface area contributed by atoms with E-state index in [1.165, 1.54) is 21.2 Å². The zero-order valence-electron chi connectivity index (χ0n) is 24.7. The van der Waals surface area contributed by atoms with Gasteiger partial charge in [-0.3, -0.25) is 4.90 Å². The summed E-state index contributed by atoms with van der Waals surface area (Å²) in [6.07, 6.45) is 0.564. The molecule has 0 aromatic heterocycles. The molecule has 0 aliphatic carbocycles. The minimum Gasteiger partial charge on any atom is -0.492 e. The lowest BCUT2D eigenvalue weighted by atomic mass is 10.2. The monoisotopic (exact) mass is 610 g/mol. The molecule has 2 heterocycles. The summed E-state index contributed by atoms with van der Waals surface area (Å²) >= 11 is 8.21. The van der Waals surface area contributed by atoms with E-state index in [9.17, 15) is 5.11 Å². The van der Waals surface area contributed by atoms with E-state index in [0.717, 1.165) is 68.8 Å². The molecule has 0 bridgehead atoms. The first-order valence-electron chi connectivity index (χ1n) is 15.0. The summed E-state index contributed by atoms with van der Waals surface area (Å²) < 4.78 is 11.7. The zero-order valence-corrected chi connectivity index (χ0v) is 26.2. The van der Waals surface area contributed by atoms with Crippen LogP contribution in [-0.2, 0) is 0 Å². The summed E-state index contributed by atoms with van der Waals surface area (Å²) in [6.45, 7) is 12.8. The number of nitrogens with one attached hydrogen (secondary N) is 1. The van der Waals surface area contributed by atoms with Gasteiger partial charge in [-0.15, -0.1) is 0 Å². The second-order valence-electron chi connectivity index (χ2n) is 11.2. The molecule has 0 saturated carbocycles. The highest BCUT2D eigenvalue weighted by Crippen LogP contribution is 2.48. The number of benzene rings is 3. The van der Waals surface area contributed by atoms with Crippen LogP contribution in [-0.4, -0.2) is 92.6 Å². The van der Waals surface area contributed by atoms with Gasteiger partial charge in [-0.25, -0.2) is 0 Å². The topological polar surface area (TPSA) is 60.4 Å². The Bertz CT molecular complexity index is 1270. The maximum atomic E-state index is 10.0. The Kier molecular flexibility index (Phi) is 11.3. The van der Waals surface area contributed by atoms with Crippen molar-refractivity contribution in [1.82, 2.24) is 15.1 Å². The number of ether oxygens (including phenoxy) is 2. The van der Waals surface area contributed by atoms with Gasteiger partial charge in [0.2, 0.25) is 0 Å². The Morgan fingerprint density at radius 1 is 0.833 bits per heavy atom. The fraction of sp³-hybridized carbons (Fsp3) is 0.455. The van der Waals surface area contributed by atoms with E-state index in [4.69, 9.17) is 21.1 Å². The average molecular weight is 611 g/mol. The molecular formula is C33H43ClN4O3S. The van der Waals surface area contributed by atoms with Gasteiger partial charge in [0, 0.05) is 66.7 Å². The lowest BCUT2D eigenvalue weighted by molar-refractivity contribution is 0.104. The van der Waals surface area contributed by atoms with Crippen molar-refractivity contribution in [3.05, 3.63) is 71.8 Å². The molecule has 9 heteroatoms. The van der Waals surface area contributed by atoms with Crippen molar-refractivity contribution in [3.8, 4) is 11.5 Å². The molecular weight excluding hydrogens is 568 g/mol. The van der Waals surface area contributed by atoms with E-state index < -0.39 is 6.10 Å². The van der Waals surface area contributed by atoms with Gasteiger partial charge in [0.25, 0.3) is 0 Å². The third kappa shape index (κ3) is 8.78. The zero-order chi connectivity index (χ0) is 29.3. The number of fused-ring (bicyclic) bond motifs is 2. The molecule has 0 unspecified atom stereocenters. The molecule has 42 heavy (non-hydrogen) atoms. The Balaban J connectivity index is 0.991. The first-order chi connectivity index (χ1) is 20.4. The Morgan fingerprint density at radius 2 is 1.50 bits per heavy atom. The van der Waals surface area contributed by atoms with Crippen LogP contribution in [0.25, 0.3) is 0 Å². The largest absolute Gasteiger partial charge is 0.492 e. The van der Waals surface area contributed by atoms with Crippen molar-refractivity contribution in [2.45, 2.75) is 42.2 Å². The van der Waals surface area contributed by atoms with E-state index in [2.05, 4.69) is 70.3 Å². The van der Waals surface area contributed by atoms with Crippen molar-refractivity contribution in [3.63, 3.8) is 0 Å². The first-order valence-corrected chi connectivity index (χ1v) is 16.2. The Labute approximate surface area is 259 Å². The molecule has 1 atom stereocenters. The Hall–Kier alpha value is -2.46. The number of aliphatic hydroxyl groups excluding tert-OH is 1.